The summed E-state index contributed by atoms with van der Waals surface area (Å²) in [5.41, 5.74) is 6.78. The summed E-state index contributed by atoms with van der Waals surface area (Å²) in [6.07, 6.45) is 9.59. The first-order valence-corrected chi connectivity index (χ1v) is 15.8. The molecule has 5 rings (SSSR count). The molecule has 0 saturated heterocycles. The number of nitrogens with two attached hydrogens (primary N) is 1. The zero-order valence-electron chi connectivity index (χ0n) is 23.7. The van der Waals surface area contributed by atoms with Gasteiger partial charge in [0.05, 0.1) is 10.7 Å². The number of carbonyl (C=O) groups is 3. The van der Waals surface area contributed by atoms with E-state index in [-0.39, 0.29) is 44.8 Å². The molecule has 3 aromatic rings. The van der Waals surface area contributed by atoms with E-state index in [1.54, 1.807) is 12.1 Å². The van der Waals surface area contributed by atoms with Gasteiger partial charge in [0, 0.05) is 17.8 Å². The quantitative estimate of drug-likeness (QED) is 0.237. The van der Waals surface area contributed by atoms with Crippen LogP contribution < -0.4 is 21.3 Å². The Labute approximate surface area is 258 Å². The fourth-order valence-electron chi connectivity index (χ4n) is 5.85. The number of hydrogen-bond acceptors (Lipinski definition) is 7. The van der Waals surface area contributed by atoms with Gasteiger partial charge in [-0.25, -0.2) is 4.39 Å². The Bertz CT molecular complexity index is 1470. The summed E-state index contributed by atoms with van der Waals surface area (Å²) in [5, 5.41) is 15.8. The van der Waals surface area contributed by atoms with Crippen LogP contribution in [0.25, 0.3) is 0 Å². The van der Waals surface area contributed by atoms with Gasteiger partial charge in [0.15, 0.2) is 5.69 Å². The number of nitrogen functional groups attached to an aromatic ring is 1. The number of rotatable bonds is 8. The van der Waals surface area contributed by atoms with Crippen LogP contribution in [0.1, 0.15) is 96.0 Å². The summed E-state index contributed by atoms with van der Waals surface area (Å²) < 4.78 is 18.5. The molecule has 2 aliphatic carbocycles. The van der Waals surface area contributed by atoms with Crippen molar-refractivity contribution in [3.05, 3.63) is 69.4 Å². The van der Waals surface area contributed by atoms with Crippen molar-refractivity contribution in [1.82, 2.24) is 15.0 Å². The van der Waals surface area contributed by atoms with E-state index in [0.29, 0.717) is 5.56 Å². The summed E-state index contributed by atoms with van der Waals surface area (Å²) in [7, 11) is 0. The molecule has 9 nitrogen and oxygen atoms in total. The molecule has 2 fully saturated rings. The average Bonchev–Trinajstić information content (AvgIpc) is 3.40. The van der Waals surface area contributed by atoms with Crippen LogP contribution >= 0.6 is 23.1 Å². The zero-order valence-corrected chi connectivity index (χ0v) is 25.2. The van der Waals surface area contributed by atoms with Crippen molar-refractivity contribution < 1.29 is 23.9 Å². The predicted molar refractivity (Wildman–Crippen MR) is 165 cm³/mol. The Kier molecular flexibility index (Phi) is 9.82. The number of anilines is 2. The summed E-state index contributed by atoms with van der Waals surface area (Å²) >= 11 is 6.91. The van der Waals surface area contributed by atoms with E-state index in [1.807, 2.05) is 0 Å². The van der Waals surface area contributed by atoms with Gasteiger partial charge >= 0.3 is 0 Å². The molecule has 1 heterocycles. The van der Waals surface area contributed by atoms with Gasteiger partial charge in [-0.15, -0.1) is 0 Å². The predicted octanol–water partition coefficient (Wildman–Crippen LogP) is 6.12. The number of phenols is 1. The third kappa shape index (κ3) is 7.10. The van der Waals surface area contributed by atoms with E-state index in [4.69, 9.17) is 17.3 Å². The second kappa shape index (κ2) is 13.7. The van der Waals surface area contributed by atoms with Gasteiger partial charge in [-0.2, -0.15) is 4.37 Å². The topological polar surface area (TPSA) is 138 Å². The Morgan fingerprint density at radius 2 is 1.56 bits per heavy atom. The van der Waals surface area contributed by atoms with E-state index < -0.39 is 29.6 Å². The number of aromatic hydroxyl groups is 1. The summed E-state index contributed by atoms with van der Waals surface area (Å²) in [6.45, 7) is 0. The van der Waals surface area contributed by atoms with Crippen molar-refractivity contribution in [2.75, 3.05) is 10.6 Å². The van der Waals surface area contributed by atoms with Gasteiger partial charge in [-0.05, 0) is 73.1 Å². The van der Waals surface area contributed by atoms with Gasteiger partial charge in [0.2, 0.25) is 5.91 Å². The van der Waals surface area contributed by atoms with Gasteiger partial charge in [-0.3, -0.25) is 19.3 Å². The van der Waals surface area contributed by atoms with Crippen LogP contribution in [-0.2, 0) is 4.79 Å². The molecule has 2 aliphatic rings. The van der Waals surface area contributed by atoms with Gasteiger partial charge in [-0.1, -0.05) is 62.3 Å². The minimum atomic E-state index is -1.24. The summed E-state index contributed by atoms with van der Waals surface area (Å²) in [5.74, 6) is -2.32. The van der Waals surface area contributed by atoms with E-state index in [2.05, 4.69) is 15.0 Å². The third-order valence-corrected chi connectivity index (χ3v) is 9.29. The smallest absolute Gasteiger partial charge is 0.273 e. The zero-order chi connectivity index (χ0) is 30.5. The van der Waals surface area contributed by atoms with Crippen molar-refractivity contribution in [3.8, 4) is 5.75 Å². The second-order valence-electron chi connectivity index (χ2n) is 11.2. The van der Waals surface area contributed by atoms with Crippen LogP contribution in [0.2, 0.25) is 5.02 Å². The minimum Gasteiger partial charge on any atom is -0.508 e. The monoisotopic (exact) mass is 627 g/mol. The number of benzene rings is 2. The maximum Gasteiger partial charge on any atom is 0.273 e. The van der Waals surface area contributed by atoms with Gasteiger partial charge < -0.3 is 21.5 Å². The molecule has 2 saturated carbocycles. The number of amides is 3. The van der Waals surface area contributed by atoms with Crippen molar-refractivity contribution in [2.45, 2.75) is 82.3 Å². The number of carbonyl (C=O) groups excluding carboxylic acids is 3. The maximum absolute atomic E-state index is 14.4. The molecule has 1 aromatic heterocycles. The molecule has 0 spiro atoms. The first-order chi connectivity index (χ1) is 20.7. The normalized spacial score (nSPS) is 16.8. The molecule has 1 unspecified atom stereocenters. The molecule has 2 aromatic carbocycles. The van der Waals surface area contributed by atoms with E-state index in [1.165, 1.54) is 29.2 Å². The molecule has 1 atom stereocenters. The molecular weight excluding hydrogens is 593 g/mol. The lowest BCUT2D eigenvalue weighted by Crippen LogP contribution is -2.47. The maximum atomic E-state index is 14.4. The summed E-state index contributed by atoms with van der Waals surface area (Å²) in [4.78, 5) is 42.7. The number of nitrogens with zero attached hydrogens (tertiary/aromatic N) is 2. The van der Waals surface area contributed by atoms with Crippen LogP contribution in [0, 0.1) is 5.82 Å². The fourth-order valence-corrected chi connectivity index (χ4v) is 6.76. The first kappa shape index (κ1) is 30.7. The van der Waals surface area contributed by atoms with Crippen molar-refractivity contribution in [1.29, 1.82) is 0 Å². The highest BCUT2D eigenvalue weighted by atomic mass is 35.5. The van der Waals surface area contributed by atoms with Crippen LogP contribution in [-0.4, -0.2) is 39.3 Å². The van der Waals surface area contributed by atoms with Crippen LogP contribution in [0.5, 0.6) is 5.75 Å². The Hall–Kier alpha value is -3.70. The molecule has 5 N–H and O–H groups in total. The Morgan fingerprint density at radius 3 is 2.16 bits per heavy atom. The lowest BCUT2D eigenvalue weighted by Gasteiger charge is -2.33. The number of halogens is 2. The highest BCUT2D eigenvalue weighted by Gasteiger charge is 2.37. The molecule has 12 heteroatoms. The van der Waals surface area contributed by atoms with Crippen molar-refractivity contribution >= 4 is 52.2 Å². The average molecular weight is 628 g/mol. The first-order valence-electron chi connectivity index (χ1n) is 14.7. The molecule has 3 amide bonds. The SMILES string of the molecule is Nc1c(C(=O)NC2CCCCC2)nsc1C(=O)N(c1ccc(F)c(Cl)c1)C(C(=O)NC1CCCCC1)c1ccc(O)cc1. The van der Waals surface area contributed by atoms with Gasteiger partial charge in [0.25, 0.3) is 11.8 Å². The van der Waals surface area contributed by atoms with E-state index >= 15 is 0 Å². The van der Waals surface area contributed by atoms with Crippen LogP contribution in [0.3, 0.4) is 0 Å². The number of phenolic OH excluding ortho intramolecular Hbond substituents is 1. The van der Waals surface area contributed by atoms with Crippen molar-refractivity contribution in [3.63, 3.8) is 0 Å². The number of aromatic nitrogens is 1. The van der Waals surface area contributed by atoms with Gasteiger partial charge in [0.1, 0.15) is 22.5 Å². The lowest BCUT2D eigenvalue weighted by atomic mass is 9.94. The lowest BCUT2D eigenvalue weighted by molar-refractivity contribution is -0.123. The van der Waals surface area contributed by atoms with Crippen LogP contribution in [0.4, 0.5) is 15.8 Å². The molecule has 43 heavy (non-hydrogen) atoms. The Morgan fingerprint density at radius 1 is 0.953 bits per heavy atom. The standard InChI is InChI=1S/C31H35ClFN5O4S/c32-23-17-21(13-16-24(23)33)38(27(18-11-14-22(39)15-12-18)30(41)36-20-9-5-2-6-10-20)31(42)28-25(34)26(37-43-28)29(40)35-19-7-3-1-4-8-19/h11-17,19-20,27,39H,1-10,34H2,(H,35,40)(H,36,41). The molecular formula is C31H35ClFN5O4S. The van der Waals surface area contributed by atoms with Crippen LogP contribution in [0.15, 0.2) is 42.5 Å². The summed E-state index contributed by atoms with van der Waals surface area (Å²) in [6, 6.07) is 8.38. The molecule has 0 aliphatic heterocycles. The van der Waals surface area contributed by atoms with E-state index in [0.717, 1.165) is 81.8 Å². The van der Waals surface area contributed by atoms with Crippen molar-refractivity contribution in [2.24, 2.45) is 0 Å². The highest BCUT2D eigenvalue weighted by molar-refractivity contribution is 7.09. The molecule has 0 radical (unpaired) electrons. The molecule has 228 valence electrons. The largest absolute Gasteiger partial charge is 0.508 e. The number of nitrogens with one attached hydrogen (secondary N) is 2. The fraction of sp³-hybridized carbons (Fsp3) is 0.419. The minimum absolute atomic E-state index is 0.0155. The third-order valence-electron chi connectivity index (χ3n) is 8.14. The highest BCUT2D eigenvalue weighted by Crippen LogP contribution is 2.36. The molecule has 0 bridgehead atoms. The number of hydrogen-bond donors (Lipinski definition) is 4. The Balaban J connectivity index is 1.54. The second-order valence-corrected chi connectivity index (χ2v) is 12.4. The van der Waals surface area contributed by atoms with E-state index in [9.17, 15) is 23.9 Å².